The van der Waals surface area contributed by atoms with E-state index >= 15 is 0 Å². The number of carbonyl (C=O) groups excluding carboxylic acids is 1. The minimum atomic E-state index is -4.62. The maximum absolute atomic E-state index is 12.8. The predicted octanol–water partition coefficient (Wildman–Crippen LogP) is 4.50. The van der Waals surface area contributed by atoms with Crippen LogP contribution in [0.4, 0.5) is 23.7 Å². The van der Waals surface area contributed by atoms with Gasteiger partial charge in [0.1, 0.15) is 6.61 Å². The SMILES string of the molecule is CC(OC(=O)Nc1cccc(C(F)(F)F)c1Cl)C1=NC(C)(C)CO1. The van der Waals surface area contributed by atoms with Crippen molar-refractivity contribution in [1.29, 1.82) is 0 Å². The topological polar surface area (TPSA) is 59.9 Å². The molecule has 0 fully saturated rings. The molecular formula is C15H16ClF3N2O3. The molecule has 0 radical (unpaired) electrons. The standard InChI is InChI=1S/C15H16ClF3N2O3/c1-8(12-21-14(2,3)7-23-12)24-13(22)20-10-6-4-5-9(11(10)16)15(17,18)19/h4-6,8H,7H2,1-3H3,(H,20,22). The summed E-state index contributed by atoms with van der Waals surface area (Å²) in [5.41, 5.74) is -1.65. The van der Waals surface area contributed by atoms with Gasteiger partial charge in [0.15, 0.2) is 6.10 Å². The minimum absolute atomic E-state index is 0.196. The van der Waals surface area contributed by atoms with Crippen molar-refractivity contribution in [3.05, 3.63) is 28.8 Å². The third-order valence-electron chi connectivity index (χ3n) is 3.16. The molecule has 1 N–H and O–H groups in total. The Bertz CT molecular complexity index is 674. The molecule has 1 heterocycles. The van der Waals surface area contributed by atoms with E-state index in [4.69, 9.17) is 21.1 Å². The zero-order valence-electron chi connectivity index (χ0n) is 13.2. The Labute approximate surface area is 141 Å². The number of ether oxygens (including phenoxy) is 2. The highest BCUT2D eigenvalue weighted by molar-refractivity contribution is 6.34. The molecular weight excluding hydrogens is 349 g/mol. The molecule has 0 bridgehead atoms. The second kappa shape index (κ2) is 6.51. The van der Waals surface area contributed by atoms with Crippen molar-refractivity contribution in [3.8, 4) is 0 Å². The van der Waals surface area contributed by atoms with Gasteiger partial charge in [0.05, 0.1) is 21.8 Å². The van der Waals surface area contributed by atoms with Gasteiger partial charge in [-0.15, -0.1) is 0 Å². The minimum Gasteiger partial charge on any atom is -0.476 e. The van der Waals surface area contributed by atoms with E-state index in [1.165, 1.54) is 6.07 Å². The molecule has 2 rings (SSSR count). The Kier molecular flexibility index (Phi) is 4.98. The van der Waals surface area contributed by atoms with Crippen LogP contribution >= 0.6 is 11.6 Å². The fourth-order valence-electron chi connectivity index (χ4n) is 2.02. The zero-order chi connectivity index (χ0) is 18.1. The van der Waals surface area contributed by atoms with E-state index in [2.05, 4.69) is 10.3 Å². The normalized spacial score (nSPS) is 17.7. The first-order chi connectivity index (χ1) is 11.0. The number of alkyl halides is 3. The first-order valence-electron chi connectivity index (χ1n) is 7.05. The van der Waals surface area contributed by atoms with E-state index < -0.39 is 34.5 Å². The summed E-state index contributed by atoms with van der Waals surface area (Å²) in [7, 11) is 0. The summed E-state index contributed by atoms with van der Waals surface area (Å²) in [5.74, 6) is 0.255. The largest absolute Gasteiger partial charge is 0.476 e. The summed E-state index contributed by atoms with van der Waals surface area (Å²) in [4.78, 5) is 16.1. The fourth-order valence-corrected chi connectivity index (χ4v) is 2.30. The Morgan fingerprint density at radius 2 is 2.12 bits per heavy atom. The van der Waals surface area contributed by atoms with Crippen LogP contribution in [0.2, 0.25) is 5.02 Å². The summed E-state index contributed by atoms with van der Waals surface area (Å²) >= 11 is 5.70. The van der Waals surface area contributed by atoms with Crippen molar-refractivity contribution in [2.75, 3.05) is 11.9 Å². The lowest BCUT2D eigenvalue weighted by molar-refractivity contribution is -0.137. The highest BCUT2D eigenvalue weighted by Crippen LogP contribution is 2.38. The Morgan fingerprint density at radius 3 is 2.67 bits per heavy atom. The number of nitrogens with one attached hydrogen (secondary N) is 1. The Balaban J connectivity index is 2.06. The smallest absolute Gasteiger partial charge is 0.417 e. The lowest BCUT2D eigenvalue weighted by Gasteiger charge is -2.15. The third kappa shape index (κ3) is 4.31. The molecule has 0 saturated heterocycles. The molecule has 1 aromatic carbocycles. The average molecular weight is 365 g/mol. The summed E-state index contributed by atoms with van der Waals surface area (Å²) in [6.45, 7) is 5.62. The predicted molar refractivity (Wildman–Crippen MR) is 83.5 cm³/mol. The van der Waals surface area contributed by atoms with Gasteiger partial charge in [0, 0.05) is 0 Å². The molecule has 1 amide bonds. The lowest BCUT2D eigenvalue weighted by Crippen LogP contribution is -2.27. The molecule has 1 aliphatic heterocycles. The van der Waals surface area contributed by atoms with Crippen LogP contribution < -0.4 is 5.32 Å². The zero-order valence-corrected chi connectivity index (χ0v) is 14.0. The van der Waals surface area contributed by atoms with Crippen molar-refractivity contribution >= 4 is 29.3 Å². The van der Waals surface area contributed by atoms with Crippen LogP contribution in [0.1, 0.15) is 26.3 Å². The van der Waals surface area contributed by atoms with Gasteiger partial charge in [-0.25, -0.2) is 9.79 Å². The van der Waals surface area contributed by atoms with Crippen LogP contribution in [-0.2, 0) is 15.7 Å². The molecule has 0 saturated carbocycles. The highest BCUT2D eigenvalue weighted by atomic mass is 35.5. The fraction of sp³-hybridized carbons (Fsp3) is 0.467. The first-order valence-corrected chi connectivity index (χ1v) is 7.43. The highest BCUT2D eigenvalue weighted by Gasteiger charge is 2.34. The van der Waals surface area contributed by atoms with Gasteiger partial charge in [-0.2, -0.15) is 13.2 Å². The monoisotopic (exact) mass is 364 g/mol. The molecule has 1 aliphatic rings. The second-order valence-electron chi connectivity index (χ2n) is 5.89. The summed E-state index contributed by atoms with van der Waals surface area (Å²) in [6, 6.07) is 3.21. The number of aliphatic imine (C=N–C) groups is 1. The molecule has 1 unspecified atom stereocenters. The van der Waals surface area contributed by atoms with Gasteiger partial charge in [-0.1, -0.05) is 17.7 Å². The molecule has 24 heavy (non-hydrogen) atoms. The summed E-state index contributed by atoms with van der Waals surface area (Å²) in [5, 5.41) is 1.59. The van der Waals surface area contributed by atoms with Gasteiger partial charge >= 0.3 is 12.3 Å². The molecule has 0 aromatic heterocycles. The lowest BCUT2D eigenvalue weighted by atomic mass is 10.1. The average Bonchev–Trinajstić information content (AvgIpc) is 2.80. The van der Waals surface area contributed by atoms with Crippen LogP contribution in [0.3, 0.4) is 0 Å². The van der Waals surface area contributed by atoms with E-state index in [1.807, 2.05) is 13.8 Å². The van der Waals surface area contributed by atoms with Crippen molar-refractivity contribution in [1.82, 2.24) is 0 Å². The molecule has 1 atom stereocenters. The van der Waals surface area contributed by atoms with Crippen molar-refractivity contribution in [2.24, 2.45) is 4.99 Å². The van der Waals surface area contributed by atoms with Gasteiger partial charge < -0.3 is 9.47 Å². The van der Waals surface area contributed by atoms with Crippen molar-refractivity contribution < 1.29 is 27.4 Å². The Hall–Kier alpha value is -1.96. The number of hydrogen-bond acceptors (Lipinski definition) is 4. The van der Waals surface area contributed by atoms with E-state index in [0.29, 0.717) is 6.61 Å². The molecule has 0 aliphatic carbocycles. The van der Waals surface area contributed by atoms with Gasteiger partial charge in [-0.05, 0) is 32.9 Å². The quantitative estimate of drug-likeness (QED) is 0.858. The van der Waals surface area contributed by atoms with Crippen LogP contribution in [0.5, 0.6) is 0 Å². The summed E-state index contributed by atoms with van der Waals surface area (Å²) in [6.07, 6.45) is -6.36. The number of rotatable bonds is 3. The number of anilines is 1. The first kappa shape index (κ1) is 18.4. The maximum Gasteiger partial charge on any atom is 0.417 e. The van der Waals surface area contributed by atoms with Crippen molar-refractivity contribution in [2.45, 2.75) is 38.6 Å². The molecule has 1 aromatic rings. The number of hydrogen-bond donors (Lipinski definition) is 1. The summed E-state index contributed by atoms with van der Waals surface area (Å²) < 4.78 is 48.8. The third-order valence-corrected chi connectivity index (χ3v) is 3.57. The van der Waals surface area contributed by atoms with Crippen molar-refractivity contribution in [3.63, 3.8) is 0 Å². The van der Waals surface area contributed by atoms with E-state index in [9.17, 15) is 18.0 Å². The van der Waals surface area contributed by atoms with Gasteiger partial charge in [0.25, 0.3) is 0 Å². The van der Waals surface area contributed by atoms with E-state index in [-0.39, 0.29) is 11.6 Å². The van der Waals surface area contributed by atoms with Crippen LogP contribution in [0, 0.1) is 0 Å². The van der Waals surface area contributed by atoms with E-state index in [1.54, 1.807) is 6.92 Å². The number of nitrogens with zero attached hydrogens (tertiary/aromatic N) is 1. The number of benzene rings is 1. The van der Waals surface area contributed by atoms with Gasteiger partial charge in [0.2, 0.25) is 5.90 Å². The van der Waals surface area contributed by atoms with Crippen LogP contribution in [0.15, 0.2) is 23.2 Å². The molecule has 132 valence electrons. The number of halogens is 4. The number of carbonyl (C=O) groups is 1. The van der Waals surface area contributed by atoms with Crippen LogP contribution in [-0.4, -0.2) is 30.2 Å². The Morgan fingerprint density at radius 1 is 1.46 bits per heavy atom. The molecule has 5 nitrogen and oxygen atoms in total. The molecule has 9 heteroatoms. The van der Waals surface area contributed by atoms with E-state index in [0.717, 1.165) is 12.1 Å². The number of amides is 1. The maximum atomic E-state index is 12.8. The second-order valence-corrected chi connectivity index (χ2v) is 6.27. The molecule has 0 spiro atoms. The van der Waals surface area contributed by atoms with Gasteiger partial charge in [-0.3, -0.25) is 5.32 Å². The van der Waals surface area contributed by atoms with Crippen LogP contribution in [0.25, 0.3) is 0 Å².